The largest absolute Gasteiger partial charge is 0.383 e. The highest BCUT2D eigenvalue weighted by atomic mass is 16.5. The molecule has 3 heteroatoms. The molecular weight excluding hydrogens is 188 g/mol. The zero-order chi connectivity index (χ0) is 11.7. The van der Waals surface area contributed by atoms with Crippen LogP contribution in [0, 0.1) is 5.41 Å². The summed E-state index contributed by atoms with van der Waals surface area (Å²) >= 11 is 0. The van der Waals surface area contributed by atoms with E-state index in [-0.39, 0.29) is 0 Å². The molecule has 0 unspecified atom stereocenters. The molecule has 0 aromatic heterocycles. The standard InChI is InChI=1S/C12H28N2O/c1-12(2,3)11-14(4)9-6-7-13-8-10-15-5/h13H,6-11H2,1-5H3. The van der Waals surface area contributed by atoms with E-state index in [1.54, 1.807) is 7.11 Å². The highest BCUT2D eigenvalue weighted by Crippen LogP contribution is 2.13. The fourth-order valence-corrected chi connectivity index (χ4v) is 1.66. The summed E-state index contributed by atoms with van der Waals surface area (Å²) in [5.74, 6) is 0. The van der Waals surface area contributed by atoms with Gasteiger partial charge < -0.3 is 15.0 Å². The zero-order valence-corrected chi connectivity index (χ0v) is 11.1. The highest BCUT2D eigenvalue weighted by molar-refractivity contribution is 4.66. The third kappa shape index (κ3) is 11.8. The lowest BCUT2D eigenvalue weighted by molar-refractivity contribution is 0.197. The van der Waals surface area contributed by atoms with Gasteiger partial charge in [-0.25, -0.2) is 0 Å². The summed E-state index contributed by atoms with van der Waals surface area (Å²) in [6, 6.07) is 0. The number of ether oxygens (including phenoxy) is 1. The van der Waals surface area contributed by atoms with Crippen LogP contribution in [0.25, 0.3) is 0 Å². The second-order valence-electron chi connectivity index (χ2n) is 5.39. The van der Waals surface area contributed by atoms with E-state index >= 15 is 0 Å². The van der Waals surface area contributed by atoms with Gasteiger partial charge in [-0.05, 0) is 32.0 Å². The molecule has 0 fully saturated rings. The minimum absolute atomic E-state index is 0.401. The maximum absolute atomic E-state index is 4.96. The smallest absolute Gasteiger partial charge is 0.0587 e. The molecule has 0 aliphatic heterocycles. The lowest BCUT2D eigenvalue weighted by atomic mass is 9.96. The van der Waals surface area contributed by atoms with Gasteiger partial charge >= 0.3 is 0 Å². The molecule has 0 saturated carbocycles. The number of hydrogen-bond donors (Lipinski definition) is 1. The molecule has 0 rings (SSSR count). The Morgan fingerprint density at radius 2 is 1.87 bits per heavy atom. The van der Waals surface area contributed by atoms with Gasteiger partial charge in [-0.2, -0.15) is 0 Å². The van der Waals surface area contributed by atoms with Crippen molar-refractivity contribution < 1.29 is 4.74 Å². The van der Waals surface area contributed by atoms with Gasteiger partial charge in [0.2, 0.25) is 0 Å². The van der Waals surface area contributed by atoms with Crippen molar-refractivity contribution in [1.82, 2.24) is 10.2 Å². The molecule has 0 amide bonds. The van der Waals surface area contributed by atoms with Crippen LogP contribution in [0.2, 0.25) is 0 Å². The third-order valence-electron chi connectivity index (χ3n) is 2.12. The molecule has 0 radical (unpaired) electrons. The monoisotopic (exact) mass is 216 g/mol. The molecule has 0 atom stereocenters. The Kier molecular flexibility index (Phi) is 8.02. The van der Waals surface area contributed by atoms with Crippen molar-refractivity contribution in [2.75, 3.05) is 46.9 Å². The van der Waals surface area contributed by atoms with E-state index in [0.717, 1.165) is 32.8 Å². The van der Waals surface area contributed by atoms with Crippen molar-refractivity contribution in [2.45, 2.75) is 27.2 Å². The number of nitrogens with one attached hydrogen (secondary N) is 1. The zero-order valence-electron chi connectivity index (χ0n) is 11.1. The summed E-state index contributed by atoms with van der Waals surface area (Å²) in [7, 11) is 3.93. The van der Waals surface area contributed by atoms with Crippen molar-refractivity contribution in [1.29, 1.82) is 0 Å². The Morgan fingerprint density at radius 1 is 1.20 bits per heavy atom. The Morgan fingerprint density at radius 3 is 2.40 bits per heavy atom. The second-order valence-corrected chi connectivity index (χ2v) is 5.39. The molecule has 92 valence electrons. The molecule has 0 spiro atoms. The molecule has 1 N–H and O–H groups in total. The van der Waals surface area contributed by atoms with Crippen LogP contribution in [0.3, 0.4) is 0 Å². The van der Waals surface area contributed by atoms with E-state index in [1.807, 2.05) is 0 Å². The van der Waals surface area contributed by atoms with Crippen molar-refractivity contribution in [3.63, 3.8) is 0 Å². The van der Waals surface area contributed by atoms with Gasteiger partial charge in [-0.3, -0.25) is 0 Å². The van der Waals surface area contributed by atoms with E-state index in [1.165, 1.54) is 6.42 Å². The van der Waals surface area contributed by atoms with E-state index in [2.05, 4.69) is 38.0 Å². The molecular formula is C12H28N2O. The molecule has 0 bridgehead atoms. The lowest BCUT2D eigenvalue weighted by Gasteiger charge is -2.26. The van der Waals surface area contributed by atoms with Crippen LogP contribution in [-0.2, 0) is 4.74 Å². The fraction of sp³-hybridized carbons (Fsp3) is 1.00. The summed E-state index contributed by atoms with van der Waals surface area (Å²) < 4.78 is 4.96. The number of nitrogens with zero attached hydrogens (tertiary/aromatic N) is 1. The van der Waals surface area contributed by atoms with Gasteiger partial charge in [-0.1, -0.05) is 20.8 Å². The van der Waals surface area contributed by atoms with Crippen molar-refractivity contribution in [2.24, 2.45) is 5.41 Å². The third-order valence-corrected chi connectivity index (χ3v) is 2.12. The Bertz CT molecular complexity index is 143. The fourth-order valence-electron chi connectivity index (χ4n) is 1.66. The Balaban J connectivity index is 3.28. The average Bonchev–Trinajstić information content (AvgIpc) is 2.08. The van der Waals surface area contributed by atoms with Crippen LogP contribution in [0.15, 0.2) is 0 Å². The van der Waals surface area contributed by atoms with Gasteiger partial charge in [0.1, 0.15) is 0 Å². The SMILES string of the molecule is COCCNCCCN(C)CC(C)(C)C. The van der Waals surface area contributed by atoms with Gasteiger partial charge in [-0.15, -0.1) is 0 Å². The summed E-state index contributed by atoms with van der Waals surface area (Å²) in [5, 5.41) is 3.35. The topological polar surface area (TPSA) is 24.5 Å². The average molecular weight is 216 g/mol. The molecule has 3 nitrogen and oxygen atoms in total. The lowest BCUT2D eigenvalue weighted by Crippen LogP contribution is -2.32. The minimum atomic E-state index is 0.401. The summed E-state index contributed by atoms with van der Waals surface area (Å²) in [6.45, 7) is 12.0. The van der Waals surface area contributed by atoms with E-state index in [0.29, 0.717) is 5.41 Å². The van der Waals surface area contributed by atoms with E-state index < -0.39 is 0 Å². The summed E-state index contributed by atoms with van der Waals surface area (Å²) in [4.78, 5) is 2.40. The van der Waals surface area contributed by atoms with Crippen LogP contribution < -0.4 is 5.32 Å². The maximum Gasteiger partial charge on any atom is 0.0587 e. The molecule has 0 aliphatic carbocycles. The predicted molar refractivity (Wildman–Crippen MR) is 66.3 cm³/mol. The van der Waals surface area contributed by atoms with Crippen LogP contribution >= 0.6 is 0 Å². The van der Waals surface area contributed by atoms with Crippen molar-refractivity contribution in [3.8, 4) is 0 Å². The first-order valence-electron chi connectivity index (χ1n) is 5.84. The summed E-state index contributed by atoms with van der Waals surface area (Å²) in [5.41, 5.74) is 0.401. The van der Waals surface area contributed by atoms with Gasteiger partial charge in [0.15, 0.2) is 0 Å². The van der Waals surface area contributed by atoms with Gasteiger partial charge in [0.25, 0.3) is 0 Å². The second kappa shape index (κ2) is 8.08. The summed E-state index contributed by atoms with van der Waals surface area (Å²) in [6.07, 6.45) is 1.20. The Hall–Kier alpha value is -0.120. The van der Waals surface area contributed by atoms with E-state index in [4.69, 9.17) is 4.74 Å². The highest BCUT2D eigenvalue weighted by Gasteiger charge is 2.12. The van der Waals surface area contributed by atoms with Crippen LogP contribution in [0.5, 0.6) is 0 Å². The predicted octanol–water partition coefficient (Wildman–Crippen LogP) is 1.59. The molecule has 0 aliphatic rings. The molecule has 0 heterocycles. The molecule has 15 heavy (non-hydrogen) atoms. The van der Waals surface area contributed by atoms with Crippen LogP contribution in [0.4, 0.5) is 0 Å². The number of hydrogen-bond acceptors (Lipinski definition) is 3. The van der Waals surface area contributed by atoms with Crippen LogP contribution in [0.1, 0.15) is 27.2 Å². The Labute approximate surface area is 95.2 Å². The molecule has 0 saturated heterocycles. The molecule has 0 aromatic carbocycles. The van der Waals surface area contributed by atoms with Crippen molar-refractivity contribution in [3.05, 3.63) is 0 Å². The normalized spacial score (nSPS) is 12.4. The molecule has 0 aromatic rings. The van der Waals surface area contributed by atoms with Crippen molar-refractivity contribution >= 4 is 0 Å². The maximum atomic E-state index is 4.96. The van der Waals surface area contributed by atoms with E-state index in [9.17, 15) is 0 Å². The quantitative estimate of drug-likeness (QED) is 0.624. The first-order chi connectivity index (χ1) is 6.95. The van der Waals surface area contributed by atoms with Crippen LogP contribution in [-0.4, -0.2) is 51.8 Å². The first-order valence-corrected chi connectivity index (χ1v) is 5.84. The number of rotatable bonds is 8. The first kappa shape index (κ1) is 14.9. The van der Waals surface area contributed by atoms with Gasteiger partial charge in [0, 0.05) is 20.2 Å². The minimum Gasteiger partial charge on any atom is -0.383 e. The number of methoxy groups -OCH3 is 1. The van der Waals surface area contributed by atoms with Gasteiger partial charge in [0.05, 0.1) is 6.61 Å².